The van der Waals surface area contributed by atoms with E-state index < -0.39 is 11.7 Å². The van der Waals surface area contributed by atoms with Crippen molar-refractivity contribution in [1.29, 1.82) is 0 Å². The van der Waals surface area contributed by atoms with E-state index in [0.29, 0.717) is 13.1 Å². The molecule has 0 bridgehead atoms. The minimum absolute atomic E-state index is 0.0152. The summed E-state index contributed by atoms with van der Waals surface area (Å²) >= 11 is 6.54. The van der Waals surface area contributed by atoms with E-state index in [0.717, 1.165) is 35.9 Å². The number of hydrogen-bond donors (Lipinski definition) is 1. The third-order valence-electron chi connectivity index (χ3n) is 6.34. The maximum atomic E-state index is 13.2. The van der Waals surface area contributed by atoms with E-state index in [1.165, 1.54) is 30.4 Å². The van der Waals surface area contributed by atoms with Gasteiger partial charge in [0.25, 0.3) is 0 Å². The Labute approximate surface area is 192 Å². The normalized spacial score (nSPS) is 17.5. The molecule has 3 nitrogen and oxygen atoms in total. The van der Waals surface area contributed by atoms with E-state index in [1.54, 1.807) is 4.90 Å². The molecule has 1 aliphatic heterocycles. The van der Waals surface area contributed by atoms with Gasteiger partial charge in [-0.15, -0.1) is 0 Å². The summed E-state index contributed by atoms with van der Waals surface area (Å²) in [5.74, 6) is -0.281. The van der Waals surface area contributed by atoms with Crippen LogP contribution in [0.25, 0.3) is 6.08 Å². The maximum absolute atomic E-state index is 13.2. The molecule has 1 aliphatic rings. The molecular weight excluding hydrogens is 437 g/mol. The Balaban J connectivity index is 1.75. The van der Waals surface area contributed by atoms with Gasteiger partial charge in [0.2, 0.25) is 5.91 Å². The van der Waals surface area contributed by atoms with Crippen LogP contribution in [0.1, 0.15) is 42.9 Å². The number of alkyl halides is 3. The molecule has 32 heavy (non-hydrogen) atoms. The molecule has 0 aromatic heterocycles. The van der Waals surface area contributed by atoms with Crippen molar-refractivity contribution >= 4 is 23.6 Å². The predicted molar refractivity (Wildman–Crippen MR) is 123 cm³/mol. The van der Waals surface area contributed by atoms with Gasteiger partial charge < -0.3 is 10.2 Å². The molecule has 1 unspecified atom stereocenters. The average molecular weight is 465 g/mol. The van der Waals surface area contributed by atoms with E-state index >= 15 is 0 Å². The second-order valence-electron chi connectivity index (χ2n) is 8.40. The van der Waals surface area contributed by atoms with Crippen LogP contribution in [0, 0.1) is 0 Å². The lowest BCUT2D eigenvalue weighted by Gasteiger charge is -2.44. The third kappa shape index (κ3) is 5.54. The van der Waals surface area contributed by atoms with Crippen molar-refractivity contribution in [3.8, 4) is 0 Å². The highest BCUT2D eigenvalue weighted by Crippen LogP contribution is 2.42. The van der Waals surface area contributed by atoms with Crippen LogP contribution in [-0.4, -0.2) is 37.0 Å². The molecule has 1 N–H and O–H groups in total. The number of amides is 1. The van der Waals surface area contributed by atoms with Crippen molar-refractivity contribution in [1.82, 2.24) is 10.2 Å². The number of carbonyl (C=O) groups excluding carboxylic acids is 1. The minimum Gasteiger partial charge on any atom is -0.339 e. The minimum atomic E-state index is -4.46. The summed E-state index contributed by atoms with van der Waals surface area (Å²) in [5.41, 5.74) is 0.162. The number of rotatable bonds is 6. The van der Waals surface area contributed by atoms with E-state index in [4.69, 9.17) is 11.6 Å². The first kappa shape index (κ1) is 24.3. The zero-order chi connectivity index (χ0) is 23.4. The first-order chi connectivity index (χ1) is 15.2. The molecule has 1 amide bonds. The van der Waals surface area contributed by atoms with Crippen LogP contribution in [0.5, 0.6) is 0 Å². The number of benzene rings is 2. The molecule has 0 saturated carbocycles. The monoisotopic (exact) mass is 464 g/mol. The molecular formula is C25H28ClF3N2O. The number of likely N-dealkylation sites (tertiary alicyclic amines) is 1. The molecule has 7 heteroatoms. The van der Waals surface area contributed by atoms with Crippen molar-refractivity contribution in [3.05, 3.63) is 76.3 Å². The fourth-order valence-electron chi connectivity index (χ4n) is 4.48. The van der Waals surface area contributed by atoms with Crippen LogP contribution in [0.15, 0.2) is 54.6 Å². The van der Waals surface area contributed by atoms with Gasteiger partial charge in [-0.1, -0.05) is 48.0 Å². The van der Waals surface area contributed by atoms with Crippen molar-refractivity contribution in [2.24, 2.45) is 0 Å². The molecule has 2 aromatic rings. The lowest BCUT2D eigenvalue weighted by molar-refractivity contribution is -0.137. The summed E-state index contributed by atoms with van der Waals surface area (Å²) in [5, 5.41) is 4.01. The standard InChI is InChI=1S/C25H28ClF3N2O/c1-18(30-2)17-24(21-9-5-6-10-22(21)26)13-15-31(16-14-24)23(32)12-11-19-7-3-4-8-20(19)25(27,28)29/h3-12,18,30H,13-17H2,1-2H3/b12-11+. The van der Waals surface area contributed by atoms with E-state index in [9.17, 15) is 18.0 Å². The summed E-state index contributed by atoms with van der Waals surface area (Å²) in [4.78, 5) is 14.4. The first-order valence-corrected chi connectivity index (χ1v) is 11.1. The highest BCUT2D eigenvalue weighted by Gasteiger charge is 2.39. The van der Waals surface area contributed by atoms with E-state index in [-0.39, 0.29) is 22.9 Å². The highest BCUT2D eigenvalue weighted by atomic mass is 35.5. The van der Waals surface area contributed by atoms with E-state index in [2.05, 4.69) is 18.3 Å². The molecule has 1 fully saturated rings. The smallest absolute Gasteiger partial charge is 0.339 e. The maximum Gasteiger partial charge on any atom is 0.416 e. The summed E-state index contributed by atoms with van der Waals surface area (Å²) < 4.78 is 39.6. The number of hydrogen-bond acceptors (Lipinski definition) is 2. The quantitative estimate of drug-likeness (QED) is 0.537. The highest BCUT2D eigenvalue weighted by molar-refractivity contribution is 6.31. The summed E-state index contributed by atoms with van der Waals surface area (Å²) in [6.07, 6.45) is 0.383. The van der Waals surface area contributed by atoms with Crippen molar-refractivity contribution in [3.63, 3.8) is 0 Å². The van der Waals surface area contributed by atoms with Crippen LogP contribution in [0.3, 0.4) is 0 Å². The zero-order valence-electron chi connectivity index (χ0n) is 18.3. The van der Waals surface area contributed by atoms with Gasteiger partial charge in [0.15, 0.2) is 0 Å². The Hall–Kier alpha value is -2.31. The van der Waals surface area contributed by atoms with Gasteiger partial charge in [-0.25, -0.2) is 0 Å². The van der Waals surface area contributed by atoms with Crippen LogP contribution in [0.4, 0.5) is 13.2 Å². The van der Waals surface area contributed by atoms with Gasteiger partial charge >= 0.3 is 6.18 Å². The summed E-state index contributed by atoms with van der Waals surface area (Å²) in [6.45, 7) is 3.16. The zero-order valence-corrected chi connectivity index (χ0v) is 19.0. The number of piperidine rings is 1. The summed E-state index contributed by atoms with van der Waals surface area (Å²) in [7, 11) is 1.92. The molecule has 3 rings (SSSR count). The molecule has 0 aliphatic carbocycles. The average Bonchev–Trinajstić information content (AvgIpc) is 2.77. The van der Waals surface area contributed by atoms with Crippen LogP contribution in [-0.2, 0) is 16.4 Å². The van der Waals surface area contributed by atoms with Gasteiger partial charge in [0.05, 0.1) is 5.56 Å². The van der Waals surface area contributed by atoms with Gasteiger partial charge in [-0.2, -0.15) is 13.2 Å². The molecule has 0 spiro atoms. The lowest BCUT2D eigenvalue weighted by Crippen LogP contribution is -2.47. The number of halogens is 4. The Morgan fingerprint density at radius 1 is 1.16 bits per heavy atom. The van der Waals surface area contributed by atoms with Gasteiger partial charge in [0, 0.05) is 35.6 Å². The van der Waals surface area contributed by atoms with Gasteiger partial charge in [0.1, 0.15) is 0 Å². The van der Waals surface area contributed by atoms with Crippen molar-refractivity contribution in [2.45, 2.75) is 43.8 Å². The molecule has 1 saturated heterocycles. The number of nitrogens with zero attached hydrogens (tertiary/aromatic N) is 1. The lowest BCUT2D eigenvalue weighted by atomic mass is 9.69. The summed E-state index contributed by atoms with van der Waals surface area (Å²) in [6, 6.07) is 13.4. The molecule has 1 atom stereocenters. The molecule has 2 aromatic carbocycles. The fourth-order valence-corrected chi connectivity index (χ4v) is 4.82. The molecule has 172 valence electrons. The Kier molecular flexibility index (Phi) is 7.67. The Morgan fingerprint density at radius 3 is 2.41 bits per heavy atom. The third-order valence-corrected chi connectivity index (χ3v) is 6.67. The second-order valence-corrected chi connectivity index (χ2v) is 8.80. The molecule has 0 radical (unpaired) electrons. The van der Waals surface area contributed by atoms with Crippen LogP contribution >= 0.6 is 11.6 Å². The largest absolute Gasteiger partial charge is 0.416 e. The van der Waals surface area contributed by atoms with Gasteiger partial charge in [-0.05, 0) is 62.6 Å². The fraction of sp³-hybridized carbons (Fsp3) is 0.400. The van der Waals surface area contributed by atoms with Gasteiger partial charge in [-0.3, -0.25) is 4.79 Å². The Morgan fingerprint density at radius 2 is 1.78 bits per heavy atom. The van der Waals surface area contributed by atoms with Crippen LogP contribution < -0.4 is 5.32 Å². The van der Waals surface area contributed by atoms with E-state index in [1.807, 2.05) is 25.2 Å². The topological polar surface area (TPSA) is 32.3 Å². The second kappa shape index (κ2) is 10.1. The first-order valence-electron chi connectivity index (χ1n) is 10.7. The molecule has 1 heterocycles. The predicted octanol–water partition coefficient (Wildman–Crippen LogP) is 5.93. The Bertz CT molecular complexity index is 966. The van der Waals surface area contributed by atoms with Crippen molar-refractivity contribution < 1.29 is 18.0 Å². The van der Waals surface area contributed by atoms with Crippen LogP contribution in [0.2, 0.25) is 5.02 Å². The number of nitrogens with one attached hydrogen (secondary N) is 1. The SMILES string of the molecule is CNC(C)CC1(c2ccccc2Cl)CCN(C(=O)/C=C/c2ccccc2C(F)(F)F)CC1. The number of carbonyl (C=O) groups is 1. The van der Waals surface area contributed by atoms with Crippen molar-refractivity contribution in [2.75, 3.05) is 20.1 Å².